The summed E-state index contributed by atoms with van der Waals surface area (Å²) in [5.74, 6) is 0.598. The van der Waals surface area contributed by atoms with Crippen molar-refractivity contribution in [2.24, 2.45) is 0 Å². The molecule has 0 aromatic heterocycles. The van der Waals surface area contributed by atoms with Gasteiger partial charge in [-0.05, 0) is 23.8 Å². The number of para-hydroxylation sites is 1. The number of carboxylic acid groups (broad SMARTS) is 1. The van der Waals surface area contributed by atoms with E-state index in [1.165, 1.54) is 0 Å². The summed E-state index contributed by atoms with van der Waals surface area (Å²) in [6.45, 7) is 0.503. The van der Waals surface area contributed by atoms with Crippen molar-refractivity contribution in [3.8, 4) is 11.5 Å². The van der Waals surface area contributed by atoms with Crippen molar-refractivity contribution >= 4 is 5.97 Å². The Morgan fingerprint density at radius 1 is 1.10 bits per heavy atom. The zero-order chi connectivity index (χ0) is 15.1. The second kappa shape index (κ2) is 7.33. The lowest BCUT2D eigenvalue weighted by Crippen LogP contribution is -2.06. The Morgan fingerprint density at radius 2 is 1.81 bits per heavy atom. The molecule has 0 aliphatic heterocycles. The van der Waals surface area contributed by atoms with E-state index in [-0.39, 0.29) is 6.42 Å². The molecule has 0 amide bonds. The summed E-state index contributed by atoms with van der Waals surface area (Å²) < 4.78 is 10.8. The number of hydrogen-bond acceptors (Lipinski definition) is 3. The number of ether oxygens (including phenoxy) is 2. The van der Waals surface area contributed by atoms with Crippen molar-refractivity contribution in [1.29, 1.82) is 0 Å². The summed E-state index contributed by atoms with van der Waals surface area (Å²) in [4.78, 5) is 10.8. The SMILES string of the molecule is COc1ccc(CCOc2ccccc2CC(=O)O)cc1. The van der Waals surface area contributed by atoms with Gasteiger partial charge >= 0.3 is 5.97 Å². The van der Waals surface area contributed by atoms with Gasteiger partial charge in [0.1, 0.15) is 11.5 Å². The summed E-state index contributed by atoms with van der Waals surface area (Å²) in [6.07, 6.45) is 0.726. The highest BCUT2D eigenvalue weighted by Gasteiger charge is 2.07. The molecule has 0 spiro atoms. The molecule has 0 saturated carbocycles. The highest BCUT2D eigenvalue weighted by atomic mass is 16.5. The van der Waals surface area contributed by atoms with E-state index in [0.29, 0.717) is 17.9 Å². The van der Waals surface area contributed by atoms with Gasteiger partial charge in [-0.1, -0.05) is 30.3 Å². The van der Waals surface area contributed by atoms with Gasteiger partial charge in [-0.25, -0.2) is 0 Å². The maximum atomic E-state index is 10.8. The molecule has 0 aliphatic carbocycles. The minimum atomic E-state index is -0.860. The Labute approximate surface area is 123 Å². The average molecular weight is 286 g/mol. The Hall–Kier alpha value is -2.49. The highest BCUT2D eigenvalue weighted by Crippen LogP contribution is 2.19. The Morgan fingerprint density at radius 3 is 2.48 bits per heavy atom. The molecule has 4 heteroatoms. The molecule has 0 heterocycles. The zero-order valence-electron chi connectivity index (χ0n) is 11.9. The van der Waals surface area contributed by atoms with E-state index in [4.69, 9.17) is 14.6 Å². The van der Waals surface area contributed by atoms with Crippen LogP contribution in [0.15, 0.2) is 48.5 Å². The van der Waals surface area contributed by atoms with Gasteiger partial charge in [0.25, 0.3) is 0 Å². The molecule has 1 N–H and O–H groups in total. The van der Waals surface area contributed by atoms with Crippen LogP contribution in [0.5, 0.6) is 11.5 Å². The van der Waals surface area contributed by atoms with Gasteiger partial charge < -0.3 is 14.6 Å². The first-order chi connectivity index (χ1) is 10.2. The van der Waals surface area contributed by atoms with Crippen LogP contribution in [0.1, 0.15) is 11.1 Å². The molecule has 21 heavy (non-hydrogen) atoms. The summed E-state index contributed by atoms with van der Waals surface area (Å²) in [5.41, 5.74) is 1.84. The third-order valence-corrected chi connectivity index (χ3v) is 3.12. The van der Waals surface area contributed by atoms with Crippen LogP contribution in [0.3, 0.4) is 0 Å². The van der Waals surface area contributed by atoms with Crippen molar-refractivity contribution in [3.05, 3.63) is 59.7 Å². The minimum absolute atomic E-state index is 0.0291. The van der Waals surface area contributed by atoms with Crippen molar-refractivity contribution in [2.45, 2.75) is 12.8 Å². The number of benzene rings is 2. The molecule has 110 valence electrons. The van der Waals surface area contributed by atoms with Crippen LogP contribution in [0, 0.1) is 0 Å². The lowest BCUT2D eigenvalue weighted by atomic mass is 10.1. The second-order valence-corrected chi connectivity index (χ2v) is 4.62. The van der Waals surface area contributed by atoms with Crippen LogP contribution < -0.4 is 9.47 Å². The lowest BCUT2D eigenvalue weighted by Gasteiger charge is -2.10. The number of carboxylic acids is 1. The maximum absolute atomic E-state index is 10.8. The van der Waals surface area contributed by atoms with Crippen molar-refractivity contribution in [2.75, 3.05) is 13.7 Å². The van der Waals surface area contributed by atoms with Gasteiger partial charge in [-0.15, -0.1) is 0 Å². The van der Waals surface area contributed by atoms with E-state index in [2.05, 4.69) is 0 Å². The van der Waals surface area contributed by atoms with Gasteiger partial charge in [0, 0.05) is 12.0 Å². The monoisotopic (exact) mass is 286 g/mol. The van der Waals surface area contributed by atoms with Gasteiger partial charge in [0.15, 0.2) is 0 Å². The maximum Gasteiger partial charge on any atom is 0.307 e. The van der Waals surface area contributed by atoms with E-state index in [1.807, 2.05) is 36.4 Å². The largest absolute Gasteiger partial charge is 0.497 e. The predicted octanol–water partition coefficient (Wildman–Crippen LogP) is 2.94. The van der Waals surface area contributed by atoms with Crippen LogP contribution in [0.2, 0.25) is 0 Å². The summed E-state index contributed by atoms with van der Waals surface area (Å²) >= 11 is 0. The molecule has 0 fully saturated rings. The molecule has 2 rings (SSSR count). The molecule has 2 aromatic carbocycles. The number of carbonyl (C=O) groups is 1. The Kier molecular flexibility index (Phi) is 5.21. The van der Waals surface area contributed by atoms with Crippen molar-refractivity contribution < 1.29 is 19.4 Å². The third-order valence-electron chi connectivity index (χ3n) is 3.12. The number of hydrogen-bond donors (Lipinski definition) is 1. The molecular weight excluding hydrogens is 268 g/mol. The standard InChI is InChI=1S/C17H18O4/c1-20-15-8-6-13(7-9-15)10-11-21-16-5-3-2-4-14(16)12-17(18)19/h2-9H,10-12H2,1H3,(H,18,19). The Balaban J connectivity index is 1.92. The van der Waals surface area contributed by atoms with Gasteiger partial charge in [0.05, 0.1) is 20.1 Å². The van der Waals surface area contributed by atoms with Gasteiger partial charge in [-0.3, -0.25) is 4.79 Å². The molecule has 0 atom stereocenters. The number of aliphatic carboxylic acids is 1. The summed E-state index contributed by atoms with van der Waals surface area (Å²) in [7, 11) is 1.64. The average Bonchev–Trinajstić information content (AvgIpc) is 2.49. The first-order valence-electron chi connectivity index (χ1n) is 6.74. The van der Waals surface area contributed by atoms with E-state index in [9.17, 15) is 4.79 Å². The molecule has 2 aromatic rings. The molecule has 0 radical (unpaired) electrons. The number of rotatable bonds is 7. The van der Waals surface area contributed by atoms with Gasteiger partial charge in [0.2, 0.25) is 0 Å². The first-order valence-corrected chi connectivity index (χ1v) is 6.74. The normalized spacial score (nSPS) is 10.1. The van der Waals surface area contributed by atoms with Gasteiger partial charge in [-0.2, -0.15) is 0 Å². The van der Waals surface area contributed by atoms with Crippen molar-refractivity contribution in [3.63, 3.8) is 0 Å². The number of methoxy groups -OCH3 is 1. The predicted molar refractivity (Wildman–Crippen MR) is 80.0 cm³/mol. The van der Waals surface area contributed by atoms with Crippen LogP contribution in [-0.4, -0.2) is 24.8 Å². The van der Waals surface area contributed by atoms with E-state index in [0.717, 1.165) is 17.7 Å². The lowest BCUT2D eigenvalue weighted by molar-refractivity contribution is -0.136. The fourth-order valence-electron chi connectivity index (χ4n) is 2.02. The first kappa shape index (κ1) is 14.9. The smallest absolute Gasteiger partial charge is 0.307 e. The van der Waals surface area contributed by atoms with Crippen LogP contribution in [-0.2, 0) is 17.6 Å². The Bertz CT molecular complexity index is 590. The van der Waals surface area contributed by atoms with Crippen molar-refractivity contribution in [1.82, 2.24) is 0 Å². The topological polar surface area (TPSA) is 55.8 Å². The van der Waals surface area contributed by atoms with E-state index >= 15 is 0 Å². The molecule has 0 saturated heterocycles. The molecule has 0 aliphatic rings. The van der Waals surface area contributed by atoms with E-state index < -0.39 is 5.97 Å². The highest BCUT2D eigenvalue weighted by molar-refractivity contribution is 5.71. The molecule has 0 bridgehead atoms. The summed E-state index contributed by atoms with van der Waals surface area (Å²) in [5, 5.41) is 8.88. The second-order valence-electron chi connectivity index (χ2n) is 4.62. The minimum Gasteiger partial charge on any atom is -0.497 e. The molecule has 4 nitrogen and oxygen atoms in total. The fraction of sp³-hybridized carbons (Fsp3) is 0.235. The molecule has 0 unspecified atom stereocenters. The van der Waals surface area contributed by atoms with E-state index in [1.54, 1.807) is 19.2 Å². The van der Waals surface area contributed by atoms with Crippen LogP contribution >= 0.6 is 0 Å². The zero-order valence-corrected chi connectivity index (χ0v) is 11.9. The third kappa shape index (κ3) is 4.53. The summed E-state index contributed by atoms with van der Waals surface area (Å²) in [6, 6.07) is 15.0. The fourth-order valence-corrected chi connectivity index (χ4v) is 2.02. The molecular formula is C17H18O4. The van der Waals surface area contributed by atoms with Crippen LogP contribution in [0.25, 0.3) is 0 Å². The van der Waals surface area contributed by atoms with Crippen LogP contribution in [0.4, 0.5) is 0 Å². The quantitative estimate of drug-likeness (QED) is 0.850.